The van der Waals surface area contributed by atoms with Gasteiger partial charge in [-0.25, -0.2) is 13.2 Å². The Kier molecular flexibility index (Phi) is 8.12. The number of carbonyl (C=O) groups excluding carboxylic acids is 1. The molecule has 2 aromatic carbocycles. The molecule has 0 fully saturated rings. The summed E-state index contributed by atoms with van der Waals surface area (Å²) in [6.45, 7) is 4.24. The fraction of sp³-hybridized carbons (Fsp3) is 0.316. The number of nitrogens with zero attached hydrogens (tertiary/aromatic N) is 1. The van der Waals surface area contributed by atoms with E-state index >= 15 is 0 Å². The van der Waals surface area contributed by atoms with Crippen LogP contribution in [-0.2, 0) is 14.8 Å². The van der Waals surface area contributed by atoms with Gasteiger partial charge in [0.25, 0.3) is 0 Å². The molecule has 0 aliphatic rings. The van der Waals surface area contributed by atoms with Crippen LogP contribution in [0.15, 0.2) is 47.4 Å². The third-order valence-electron chi connectivity index (χ3n) is 3.90. The van der Waals surface area contributed by atoms with E-state index in [2.05, 4.69) is 0 Å². The Morgan fingerprint density at radius 1 is 1.00 bits per heavy atom. The van der Waals surface area contributed by atoms with E-state index < -0.39 is 16.0 Å². The molecule has 0 saturated carbocycles. The molecule has 152 valence electrons. The molecule has 0 unspecified atom stereocenters. The van der Waals surface area contributed by atoms with E-state index in [4.69, 9.17) is 32.7 Å². The molecule has 0 aliphatic heterocycles. The largest absolute Gasteiger partial charge is 0.490 e. The summed E-state index contributed by atoms with van der Waals surface area (Å²) in [5.74, 6) is -0.132. The lowest BCUT2D eigenvalue weighted by Gasteiger charge is -2.19. The molecular weight excluding hydrogens is 425 g/mol. The maximum absolute atomic E-state index is 12.6. The first-order valence-corrected chi connectivity index (χ1v) is 10.8. The number of ether oxygens (including phenoxy) is 2. The molecule has 0 atom stereocenters. The van der Waals surface area contributed by atoms with E-state index in [1.165, 1.54) is 22.5 Å². The highest BCUT2D eigenvalue weighted by Gasteiger charge is 2.24. The minimum Gasteiger partial charge on any atom is -0.490 e. The molecule has 0 amide bonds. The lowest BCUT2D eigenvalue weighted by molar-refractivity contribution is 0.0450. The Bertz CT molecular complexity index is 912. The zero-order valence-electron chi connectivity index (χ0n) is 15.5. The highest BCUT2D eigenvalue weighted by Crippen LogP contribution is 2.24. The standard InChI is InChI=1S/C19H21Cl2NO5S/c1-3-22(4-2)28(24,25)16-9-10-18(21)17(13-16)19(23)27-12-11-26-15-7-5-14(20)6-8-15/h5-10,13H,3-4,11-12H2,1-2H3. The van der Waals surface area contributed by atoms with Crippen molar-refractivity contribution in [1.82, 2.24) is 4.31 Å². The predicted octanol–water partition coefficient (Wildman–Crippen LogP) is 4.26. The molecule has 0 spiro atoms. The van der Waals surface area contributed by atoms with Gasteiger partial charge in [-0.05, 0) is 42.5 Å². The number of hydrogen-bond donors (Lipinski definition) is 0. The van der Waals surface area contributed by atoms with E-state index in [1.807, 2.05) is 0 Å². The summed E-state index contributed by atoms with van der Waals surface area (Å²) >= 11 is 11.9. The predicted molar refractivity (Wildman–Crippen MR) is 109 cm³/mol. The van der Waals surface area contributed by atoms with Crippen molar-refractivity contribution in [2.24, 2.45) is 0 Å². The quantitative estimate of drug-likeness (QED) is 0.425. The molecule has 0 radical (unpaired) electrons. The van der Waals surface area contributed by atoms with Crippen molar-refractivity contribution in [3.8, 4) is 5.75 Å². The molecule has 0 bridgehead atoms. The van der Waals surface area contributed by atoms with Crippen molar-refractivity contribution in [2.45, 2.75) is 18.7 Å². The summed E-state index contributed by atoms with van der Waals surface area (Å²) in [5, 5.41) is 0.704. The normalized spacial score (nSPS) is 11.5. The Hall–Kier alpha value is -1.80. The third-order valence-corrected chi connectivity index (χ3v) is 6.53. The Labute approximate surface area is 175 Å². The summed E-state index contributed by atoms with van der Waals surface area (Å²) in [6.07, 6.45) is 0. The summed E-state index contributed by atoms with van der Waals surface area (Å²) < 4.78 is 37.1. The van der Waals surface area contributed by atoms with Crippen LogP contribution in [0.2, 0.25) is 10.0 Å². The zero-order valence-corrected chi connectivity index (χ0v) is 17.9. The van der Waals surface area contributed by atoms with Gasteiger partial charge in [-0.1, -0.05) is 37.0 Å². The number of esters is 1. The molecule has 28 heavy (non-hydrogen) atoms. The molecule has 0 aliphatic carbocycles. The van der Waals surface area contributed by atoms with Crippen molar-refractivity contribution in [3.05, 3.63) is 58.1 Å². The second-order valence-corrected chi connectivity index (χ2v) is 8.45. The van der Waals surface area contributed by atoms with Crippen molar-refractivity contribution in [2.75, 3.05) is 26.3 Å². The minimum atomic E-state index is -3.71. The smallest absolute Gasteiger partial charge is 0.339 e. The van der Waals surface area contributed by atoms with Gasteiger partial charge in [0.1, 0.15) is 19.0 Å². The zero-order chi connectivity index (χ0) is 20.7. The molecule has 2 aromatic rings. The van der Waals surface area contributed by atoms with Gasteiger partial charge in [0, 0.05) is 18.1 Å². The summed E-state index contributed by atoms with van der Waals surface area (Å²) in [5.41, 5.74) is -0.0126. The lowest BCUT2D eigenvalue weighted by atomic mass is 10.2. The fourth-order valence-corrected chi connectivity index (χ4v) is 4.24. The van der Waals surface area contributed by atoms with Crippen LogP contribution in [0.1, 0.15) is 24.2 Å². The molecule has 0 N–H and O–H groups in total. The molecule has 0 aromatic heterocycles. The number of sulfonamides is 1. The molecule has 6 nitrogen and oxygen atoms in total. The maximum Gasteiger partial charge on any atom is 0.339 e. The summed E-state index contributed by atoms with van der Waals surface area (Å²) in [4.78, 5) is 12.3. The average molecular weight is 446 g/mol. The van der Waals surface area contributed by atoms with Gasteiger partial charge in [-0.2, -0.15) is 4.31 Å². The van der Waals surface area contributed by atoms with E-state index in [9.17, 15) is 13.2 Å². The summed E-state index contributed by atoms with van der Waals surface area (Å²) in [6, 6.07) is 10.7. The summed E-state index contributed by atoms with van der Waals surface area (Å²) in [7, 11) is -3.71. The molecular formula is C19H21Cl2NO5S. The van der Waals surface area contributed by atoms with Crippen molar-refractivity contribution >= 4 is 39.2 Å². The SMILES string of the molecule is CCN(CC)S(=O)(=O)c1ccc(Cl)c(C(=O)OCCOc2ccc(Cl)cc2)c1. The van der Waals surface area contributed by atoms with Crippen LogP contribution in [0.25, 0.3) is 0 Å². The monoisotopic (exact) mass is 445 g/mol. The second-order valence-electron chi connectivity index (χ2n) is 5.67. The van der Waals surface area contributed by atoms with E-state index in [-0.39, 0.29) is 28.7 Å². The van der Waals surface area contributed by atoms with E-state index in [0.29, 0.717) is 23.9 Å². The van der Waals surface area contributed by atoms with Crippen molar-refractivity contribution in [1.29, 1.82) is 0 Å². The van der Waals surface area contributed by atoms with Gasteiger partial charge in [0.2, 0.25) is 10.0 Å². The molecule has 9 heteroatoms. The number of carbonyl (C=O) groups is 1. The van der Waals surface area contributed by atoms with Gasteiger partial charge in [-0.15, -0.1) is 0 Å². The second kappa shape index (κ2) is 10.1. The van der Waals surface area contributed by atoms with Crippen LogP contribution in [0.3, 0.4) is 0 Å². The fourth-order valence-electron chi connectivity index (χ4n) is 2.44. The topological polar surface area (TPSA) is 72.9 Å². The van der Waals surface area contributed by atoms with Gasteiger partial charge in [-0.3, -0.25) is 0 Å². The van der Waals surface area contributed by atoms with Crippen LogP contribution in [0.5, 0.6) is 5.75 Å². The van der Waals surface area contributed by atoms with Crippen LogP contribution in [-0.4, -0.2) is 45.0 Å². The van der Waals surface area contributed by atoms with Crippen LogP contribution >= 0.6 is 23.2 Å². The molecule has 2 rings (SSSR count). The van der Waals surface area contributed by atoms with Gasteiger partial charge in [0.05, 0.1) is 15.5 Å². The maximum atomic E-state index is 12.6. The first kappa shape index (κ1) is 22.5. The Morgan fingerprint density at radius 2 is 1.64 bits per heavy atom. The first-order chi connectivity index (χ1) is 13.3. The van der Waals surface area contributed by atoms with E-state index in [0.717, 1.165) is 0 Å². The van der Waals surface area contributed by atoms with Crippen molar-refractivity contribution in [3.63, 3.8) is 0 Å². The molecule has 0 saturated heterocycles. The first-order valence-electron chi connectivity index (χ1n) is 8.64. The van der Waals surface area contributed by atoms with Crippen LogP contribution < -0.4 is 4.74 Å². The minimum absolute atomic E-state index is 0.00929. The van der Waals surface area contributed by atoms with Gasteiger partial charge >= 0.3 is 5.97 Å². The molecule has 0 heterocycles. The number of rotatable bonds is 9. The van der Waals surface area contributed by atoms with E-state index in [1.54, 1.807) is 38.1 Å². The Morgan fingerprint density at radius 3 is 2.25 bits per heavy atom. The highest BCUT2D eigenvalue weighted by atomic mass is 35.5. The number of halogens is 2. The van der Waals surface area contributed by atoms with Crippen LogP contribution in [0, 0.1) is 0 Å². The average Bonchev–Trinajstić information content (AvgIpc) is 2.67. The highest BCUT2D eigenvalue weighted by molar-refractivity contribution is 7.89. The Balaban J connectivity index is 2.03. The van der Waals surface area contributed by atoms with Gasteiger partial charge in [0.15, 0.2) is 0 Å². The van der Waals surface area contributed by atoms with Gasteiger partial charge < -0.3 is 9.47 Å². The number of benzene rings is 2. The van der Waals surface area contributed by atoms with Crippen molar-refractivity contribution < 1.29 is 22.7 Å². The lowest BCUT2D eigenvalue weighted by Crippen LogP contribution is -2.30. The number of hydrogen-bond acceptors (Lipinski definition) is 5. The van der Waals surface area contributed by atoms with Crippen LogP contribution in [0.4, 0.5) is 0 Å². The third kappa shape index (κ3) is 5.61.